The minimum atomic E-state index is -1.10. The first kappa shape index (κ1) is 29.1. The van der Waals surface area contributed by atoms with Crippen molar-refractivity contribution in [2.75, 3.05) is 25.2 Å². The number of carboxylic acids is 1. The Balaban J connectivity index is 1.58. The molecule has 1 N–H and O–H groups in total. The van der Waals surface area contributed by atoms with Crippen LogP contribution < -0.4 is 9.64 Å². The molecule has 3 aromatic rings. The third kappa shape index (κ3) is 5.97. The first-order valence-electron chi connectivity index (χ1n) is 14.4. The van der Waals surface area contributed by atoms with Crippen molar-refractivity contribution in [3.63, 3.8) is 0 Å². The number of aromatic nitrogens is 3. The largest absolute Gasteiger partial charge is 0.481 e. The van der Waals surface area contributed by atoms with Crippen molar-refractivity contribution in [3.05, 3.63) is 52.8 Å². The average Bonchev–Trinajstić information content (AvgIpc) is 3.38. The molecule has 2 aromatic heterocycles. The van der Waals surface area contributed by atoms with E-state index >= 15 is 0 Å². The summed E-state index contributed by atoms with van der Waals surface area (Å²) < 4.78 is 12.4. The van der Waals surface area contributed by atoms with Crippen LogP contribution in [-0.4, -0.2) is 58.1 Å². The molecule has 41 heavy (non-hydrogen) atoms. The van der Waals surface area contributed by atoms with Gasteiger partial charge in [0.2, 0.25) is 11.8 Å². The molecule has 2 fully saturated rings. The van der Waals surface area contributed by atoms with Crippen molar-refractivity contribution >= 4 is 29.3 Å². The summed E-state index contributed by atoms with van der Waals surface area (Å²) >= 11 is 6.75. The minimum Gasteiger partial charge on any atom is -0.481 e. The van der Waals surface area contributed by atoms with E-state index in [1.54, 1.807) is 35.0 Å². The number of amides is 1. The fourth-order valence-corrected chi connectivity index (χ4v) is 6.29. The van der Waals surface area contributed by atoms with Crippen LogP contribution in [0.25, 0.3) is 16.8 Å². The number of aromatic carboxylic acids is 1. The maximum Gasteiger partial charge on any atom is 0.341 e. The lowest BCUT2D eigenvalue weighted by molar-refractivity contribution is -0.124. The van der Waals surface area contributed by atoms with Crippen molar-refractivity contribution in [2.24, 2.45) is 11.8 Å². The number of nitrogens with zero attached hydrogens (tertiary/aromatic N) is 4. The van der Waals surface area contributed by atoms with Gasteiger partial charge in [0.05, 0.1) is 23.5 Å². The SMILES string of the molecule is CCc1c(C(=O)O)c(N(C(=O)[C@H]2CC[C@H](C)CC2)C2CCOCC2)nn1-c1ccc(-c2ccc(OC)nc2)c(Cl)c1. The average molecular weight is 581 g/mol. The van der Waals surface area contributed by atoms with E-state index in [0.29, 0.717) is 60.7 Å². The maximum absolute atomic E-state index is 14.1. The van der Waals surface area contributed by atoms with Crippen LogP contribution in [0.2, 0.25) is 5.02 Å². The van der Waals surface area contributed by atoms with E-state index < -0.39 is 5.97 Å². The van der Waals surface area contributed by atoms with Crippen molar-refractivity contribution in [3.8, 4) is 22.7 Å². The maximum atomic E-state index is 14.1. The molecule has 1 aromatic carbocycles. The monoisotopic (exact) mass is 580 g/mol. The van der Waals surface area contributed by atoms with Crippen LogP contribution in [0.15, 0.2) is 36.5 Å². The van der Waals surface area contributed by atoms with Crippen molar-refractivity contribution in [2.45, 2.75) is 64.8 Å². The molecule has 0 atom stereocenters. The summed E-state index contributed by atoms with van der Waals surface area (Å²) in [7, 11) is 1.56. The summed E-state index contributed by atoms with van der Waals surface area (Å²) in [5, 5.41) is 15.8. The summed E-state index contributed by atoms with van der Waals surface area (Å²) in [5.41, 5.74) is 2.81. The summed E-state index contributed by atoms with van der Waals surface area (Å²) in [6.07, 6.45) is 6.97. The van der Waals surface area contributed by atoms with E-state index in [4.69, 9.17) is 26.2 Å². The summed E-state index contributed by atoms with van der Waals surface area (Å²) in [5.74, 6) is 0.0432. The number of rotatable bonds is 8. The van der Waals surface area contributed by atoms with Gasteiger partial charge in [0.25, 0.3) is 0 Å². The molecular formula is C31H37ClN4O5. The molecule has 1 saturated carbocycles. The lowest BCUT2D eigenvalue weighted by atomic mass is 9.82. The van der Waals surface area contributed by atoms with Crippen LogP contribution in [0.3, 0.4) is 0 Å². The van der Waals surface area contributed by atoms with E-state index in [1.807, 2.05) is 25.1 Å². The first-order valence-corrected chi connectivity index (χ1v) is 14.8. The zero-order valence-corrected chi connectivity index (χ0v) is 24.6. The molecule has 1 saturated heterocycles. The van der Waals surface area contributed by atoms with Crippen LogP contribution in [0, 0.1) is 11.8 Å². The predicted molar refractivity (Wildman–Crippen MR) is 157 cm³/mol. The molecule has 10 heteroatoms. The Hall–Kier alpha value is -3.43. The van der Waals surface area contributed by atoms with E-state index in [1.165, 1.54) is 0 Å². The molecule has 9 nitrogen and oxygen atoms in total. The van der Waals surface area contributed by atoms with Crippen LogP contribution in [0.5, 0.6) is 5.88 Å². The highest BCUT2D eigenvalue weighted by Gasteiger charge is 2.38. The Labute approximate surface area is 245 Å². The molecule has 2 aliphatic rings. The van der Waals surface area contributed by atoms with Crippen LogP contribution in [-0.2, 0) is 16.0 Å². The highest BCUT2D eigenvalue weighted by Crippen LogP contribution is 2.37. The number of carbonyl (C=O) groups excluding carboxylic acids is 1. The Morgan fingerprint density at radius 2 is 1.85 bits per heavy atom. The predicted octanol–water partition coefficient (Wildman–Crippen LogP) is 6.20. The fraction of sp³-hybridized carbons (Fsp3) is 0.484. The molecule has 1 aliphatic heterocycles. The van der Waals surface area contributed by atoms with Gasteiger partial charge < -0.3 is 14.6 Å². The molecule has 218 valence electrons. The molecular weight excluding hydrogens is 544 g/mol. The second-order valence-corrected chi connectivity index (χ2v) is 11.4. The van der Waals surface area contributed by atoms with Crippen molar-refractivity contribution in [1.82, 2.24) is 14.8 Å². The zero-order chi connectivity index (χ0) is 29.1. The van der Waals surface area contributed by atoms with Gasteiger partial charge >= 0.3 is 5.97 Å². The number of hydrogen-bond donors (Lipinski definition) is 1. The molecule has 0 spiro atoms. The highest BCUT2D eigenvalue weighted by molar-refractivity contribution is 6.33. The zero-order valence-electron chi connectivity index (χ0n) is 23.8. The van der Waals surface area contributed by atoms with Gasteiger partial charge in [-0.15, -0.1) is 5.10 Å². The Kier molecular flexibility index (Phi) is 8.94. The summed E-state index contributed by atoms with van der Waals surface area (Å²) in [6, 6.07) is 8.97. The normalized spacial score (nSPS) is 19.6. The van der Waals surface area contributed by atoms with Gasteiger partial charge in [-0.2, -0.15) is 0 Å². The number of ether oxygens (including phenoxy) is 2. The molecule has 5 rings (SSSR count). The lowest BCUT2D eigenvalue weighted by Crippen LogP contribution is -2.47. The van der Waals surface area contributed by atoms with E-state index in [2.05, 4.69) is 11.9 Å². The van der Waals surface area contributed by atoms with Gasteiger partial charge in [0, 0.05) is 48.6 Å². The summed E-state index contributed by atoms with van der Waals surface area (Å²) in [4.78, 5) is 32.9. The Morgan fingerprint density at radius 3 is 2.44 bits per heavy atom. The van der Waals surface area contributed by atoms with Crippen LogP contribution in [0.4, 0.5) is 5.82 Å². The van der Waals surface area contributed by atoms with Gasteiger partial charge in [-0.25, -0.2) is 14.5 Å². The first-order chi connectivity index (χ1) is 19.8. The van der Waals surface area contributed by atoms with Gasteiger partial charge in [-0.1, -0.05) is 31.5 Å². The fourth-order valence-electron chi connectivity index (χ4n) is 6.00. The van der Waals surface area contributed by atoms with E-state index in [-0.39, 0.29) is 29.2 Å². The van der Waals surface area contributed by atoms with Crippen LogP contribution in [0.1, 0.15) is 68.4 Å². The molecule has 0 bridgehead atoms. The number of halogens is 1. The quantitative estimate of drug-likeness (QED) is 0.338. The van der Waals surface area contributed by atoms with Crippen molar-refractivity contribution < 1.29 is 24.2 Å². The number of anilines is 1. The summed E-state index contributed by atoms with van der Waals surface area (Å²) in [6.45, 7) is 5.16. The topological polar surface area (TPSA) is 107 Å². The molecule has 0 radical (unpaired) electrons. The highest BCUT2D eigenvalue weighted by atomic mass is 35.5. The number of pyridine rings is 1. The Bertz CT molecular complexity index is 1390. The molecule has 3 heterocycles. The molecule has 1 amide bonds. The van der Waals surface area contributed by atoms with E-state index in [0.717, 1.165) is 36.8 Å². The van der Waals surface area contributed by atoms with Gasteiger partial charge in [0.1, 0.15) is 5.56 Å². The Morgan fingerprint density at radius 1 is 1.12 bits per heavy atom. The number of carbonyl (C=O) groups is 2. The number of carboxylic acid groups (broad SMARTS) is 1. The number of hydrogen-bond acceptors (Lipinski definition) is 6. The lowest BCUT2D eigenvalue weighted by Gasteiger charge is -2.37. The van der Waals surface area contributed by atoms with Gasteiger partial charge in [-0.3, -0.25) is 9.69 Å². The standard InChI is InChI=1S/C31H37ClN4O5/c1-4-26-28(31(38)39)29(35(22-13-15-41-16-14-22)30(37)20-7-5-19(2)6-8-20)34-36(26)23-10-11-24(25(32)17-23)21-9-12-27(40-3)33-18-21/h9-12,17-20,22H,4-8,13-16H2,1-3H3,(H,38,39)/t19-,20-. The van der Waals surface area contributed by atoms with Gasteiger partial charge in [-0.05, 0) is 69.1 Å². The minimum absolute atomic E-state index is 0.0287. The smallest absolute Gasteiger partial charge is 0.341 e. The van der Waals surface area contributed by atoms with Crippen LogP contribution >= 0.6 is 11.6 Å². The third-order valence-corrected chi connectivity index (χ3v) is 8.66. The molecule has 1 aliphatic carbocycles. The van der Waals surface area contributed by atoms with Gasteiger partial charge in [0.15, 0.2) is 5.82 Å². The second-order valence-electron chi connectivity index (χ2n) is 11.0. The number of benzene rings is 1. The third-order valence-electron chi connectivity index (χ3n) is 8.35. The van der Waals surface area contributed by atoms with Crippen molar-refractivity contribution in [1.29, 1.82) is 0 Å². The van der Waals surface area contributed by atoms with E-state index in [9.17, 15) is 14.7 Å². The second kappa shape index (κ2) is 12.6. The molecule has 0 unspecified atom stereocenters. The number of methoxy groups -OCH3 is 1.